The molecule has 0 fully saturated rings. The monoisotopic (exact) mass is 607 g/mol. The number of anilines is 1. The molecule has 0 unspecified atom stereocenters. The normalized spacial score (nSPS) is 11.4. The van der Waals surface area contributed by atoms with E-state index in [1.54, 1.807) is 24.4 Å². The van der Waals surface area contributed by atoms with Crippen molar-refractivity contribution < 1.29 is 17.9 Å². The molecule has 0 amide bonds. The first-order valence-electron chi connectivity index (χ1n) is 10.5. The summed E-state index contributed by atoms with van der Waals surface area (Å²) in [6.45, 7) is 0. The van der Waals surface area contributed by atoms with Crippen molar-refractivity contribution in [3.8, 4) is 11.3 Å². The third-order valence-corrected chi connectivity index (χ3v) is 7.35. The molecule has 0 spiro atoms. The Labute approximate surface area is 227 Å². The lowest BCUT2D eigenvalue weighted by molar-refractivity contribution is 0.0600. The summed E-state index contributed by atoms with van der Waals surface area (Å²) in [5, 5.41) is 0.859. The molecule has 1 aromatic heterocycles. The van der Waals surface area contributed by atoms with Crippen LogP contribution in [0.1, 0.15) is 21.7 Å². The van der Waals surface area contributed by atoms with Gasteiger partial charge in [0, 0.05) is 21.5 Å². The number of halogens is 3. The van der Waals surface area contributed by atoms with E-state index in [2.05, 4.69) is 15.9 Å². The van der Waals surface area contributed by atoms with Gasteiger partial charge in [-0.15, -0.1) is 0 Å². The topological polar surface area (TPSA) is 81.5 Å². The van der Waals surface area contributed by atoms with Crippen molar-refractivity contribution in [1.29, 1.82) is 0 Å². The minimum atomic E-state index is -3.84. The van der Waals surface area contributed by atoms with Gasteiger partial charge in [-0.3, -0.25) is 0 Å². The van der Waals surface area contributed by atoms with Crippen LogP contribution in [0.15, 0.2) is 77.4 Å². The van der Waals surface area contributed by atoms with Crippen LogP contribution in [-0.4, -0.2) is 37.4 Å². The molecule has 0 N–H and O–H groups in total. The van der Waals surface area contributed by atoms with E-state index >= 15 is 0 Å². The Morgan fingerprint density at radius 1 is 1.06 bits per heavy atom. The molecule has 7 nitrogen and oxygen atoms in total. The van der Waals surface area contributed by atoms with Gasteiger partial charge in [-0.05, 0) is 60.2 Å². The first kappa shape index (κ1) is 26.2. The molecule has 0 aliphatic rings. The van der Waals surface area contributed by atoms with E-state index in [0.29, 0.717) is 44.8 Å². The van der Waals surface area contributed by atoms with Crippen LogP contribution in [0.2, 0.25) is 10.0 Å². The number of hydrogen-bond acceptors (Lipinski definition) is 5. The molecule has 1 heterocycles. The van der Waals surface area contributed by atoms with E-state index in [0.717, 1.165) is 20.7 Å². The first-order chi connectivity index (χ1) is 17.1. The fourth-order valence-electron chi connectivity index (χ4n) is 3.62. The third kappa shape index (κ3) is 5.75. The highest BCUT2D eigenvalue weighted by molar-refractivity contribution is 9.10. The van der Waals surface area contributed by atoms with Crippen molar-refractivity contribution in [2.24, 2.45) is 0 Å². The van der Waals surface area contributed by atoms with E-state index in [-0.39, 0.29) is 0 Å². The molecule has 0 saturated carbocycles. The van der Waals surface area contributed by atoms with E-state index in [1.807, 2.05) is 24.3 Å². The predicted octanol–water partition coefficient (Wildman–Crippen LogP) is 6.23. The van der Waals surface area contributed by atoms with Gasteiger partial charge in [0.15, 0.2) is 0 Å². The van der Waals surface area contributed by atoms with Crippen LogP contribution in [0.5, 0.6) is 0 Å². The molecule has 0 saturated heterocycles. The standard InChI is InChI=1S/C25H20BrCl2N3O4S/c1-35-25(32)17-5-10-20(11-6-17)31(36(2,33)34)30-15-23(21-12-9-19(27)14-22(21)28)29-24(30)13-16-3-7-18(26)8-4-16/h3-12,14-15H,13H2,1-2H3. The van der Waals surface area contributed by atoms with Crippen LogP contribution in [0, 0.1) is 0 Å². The summed E-state index contributed by atoms with van der Waals surface area (Å²) in [5.41, 5.74) is 2.61. The largest absolute Gasteiger partial charge is 0.465 e. The fraction of sp³-hybridized carbons (Fsp3) is 0.120. The van der Waals surface area contributed by atoms with Gasteiger partial charge >= 0.3 is 5.97 Å². The SMILES string of the molecule is COC(=O)c1ccc(N(n2cc(-c3ccc(Cl)cc3Cl)nc2Cc2ccc(Br)cc2)S(C)(=O)=O)cc1. The zero-order valence-corrected chi connectivity index (χ0v) is 23.1. The highest BCUT2D eigenvalue weighted by Gasteiger charge is 2.25. The highest BCUT2D eigenvalue weighted by atomic mass is 79.9. The average Bonchev–Trinajstić information content (AvgIpc) is 3.22. The molecule has 0 bridgehead atoms. The van der Waals surface area contributed by atoms with Crippen LogP contribution in [0.25, 0.3) is 11.3 Å². The van der Waals surface area contributed by atoms with Gasteiger partial charge in [0.25, 0.3) is 0 Å². The molecule has 0 aliphatic carbocycles. The molecular formula is C25H20BrCl2N3O4S. The zero-order valence-electron chi connectivity index (χ0n) is 19.2. The number of hydrogen-bond donors (Lipinski definition) is 0. The Hall–Kier alpha value is -2.85. The van der Waals surface area contributed by atoms with Crippen molar-refractivity contribution in [2.75, 3.05) is 17.8 Å². The number of sulfonamides is 1. The van der Waals surface area contributed by atoms with Crippen LogP contribution < -0.4 is 4.41 Å². The van der Waals surface area contributed by atoms with E-state index in [4.69, 9.17) is 32.9 Å². The van der Waals surface area contributed by atoms with Crippen LogP contribution in [-0.2, 0) is 21.2 Å². The number of benzene rings is 3. The molecule has 0 atom stereocenters. The highest BCUT2D eigenvalue weighted by Crippen LogP contribution is 2.32. The maximum Gasteiger partial charge on any atom is 0.337 e. The Bertz CT molecular complexity index is 1520. The Morgan fingerprint density at radius 3 is 2.31 bits per heavy atom. The zero-order chi connectivity index (χ0) is 26.0. The summed E-state index contributed by atoms with van der Waals surface area (Å²) in [6, 6.07) is 18.7. The maximum absolute atomic E-state index is 13.0. The second-order valence-electron chi connectivity index (χ2n) is 7.86. The lowest BCUT2D eigenvalue weighted by atomic mass is 10.1. The number of nitrogens with zero attached hydrogens (tertiary/aromatic N) is 3. The summed E-state index contributed by atoms with van der Waals surface area (Å²) in [7, 11) is -2.56. The molecule has 0 aliphatic heterocycles. The third-order valence-electron chi connectivity index (χ3n) is 5.26. The summed E-state index contributed by atoms with van der Waals surface area (Å²) in [6.07, 6.45) is 3.04. The van der Waals surface area contributed by atoms with Gasteiger partial charge in [-0.1, -0.05) is 51.3 Å². The van der Waals surface area contributed by atoms with Crippen molar-refractivity contribution in [2.45, 2.75) is 6.42 Å². The maximum atomic E-state index is 13.0. The molecule has 11 heteroatoms. The lowest BCUT2D eigenvalue weighted by Gasteiger charge is -2.25. The summed E-state index contributed by atoms with van der Waals surface area (Å²) < 4.78 is 34.4. The number of rotatable bonds is 7. The summed E-state index contributed by atoms with van der Waals surface area (Å²) in [4.78, 5) is 16.6. The minimum absolute atomic E-state index is 0.295. The number of carbonyl (C=O) groups excluding carboxylic acids is 1. The number of carbonyl (C=O) groups is 1. The second kappa shape index (κ2) is 10.6. The van der Waals surface area contributed by atoms with Crippen LogP contribution in [0.4, 0.5) is 5.69 Å². The molecule has 3 aromatic carbocycles. The van der Waals surface area contributed by atoms with Gasteiger partial charge < -0.3 is 4.74 Å². The summed E-state index contributed by atoms with van der Waals surface area (Å²) in [5.74, 6) is -0.0634. The average molecular weight is 609 g/mol. The molecule has 36 heavy (non-hydrogen) atoms. The molecule has 4 aromatic rings. The molecule has 0 radical (unpaired) electrons. The van der Waals surface area contributed by atoms with E-state index in [1.165, 1.54) is 36.1 Å². The van der Waals surface area contributed by atoms with E-state index in [9.17, 15) is 13.2 Å². The Kier molecular flexibility index (Phi) is 7.75. The summed E-state index contributed by atoms with van der Waals surface area (Å²) >= 11 is 15.9. The molecule has 186 valence electrons. The molecule has 4 rings (SSSR count). The number of esters is 1. The van der Waals surface area contributed by atoms with Gasteiger partial charge in [0.2, 0.25) is 10.0 Å². The van der Waals surface area contributed by atoms with E-state index < -0.39 is 16.0 Å². The smallest absolute Gasteiger partial charge is 0.337 e. The van der Waals surface area contributed by atoms with Gasteiger partial charge in [0.1, 0.15) is 5.82 Å². The van der Waals surface area contributed by atoms with Crippen molar-refractivity contribution in [3.63, 3.8) is 0 Å². The van der Waals surface area contributed by atoms with Crippen LogP contribution >= 0.6 is 39.1 Å². The Balaban J connectivity index is 1.88. The predicted molar refractivity (Wildman–Crippen MR) is 145 cm³/mol. The first-order valence-corrected chi connectivity index (χ1v) is 13.9. The van der Waals surface area contributed by atoms with Crippen molar-refractivity contribution in [1.82, 2.24) is 9.66 Å². The van der Waals surface area contributed by atoms with Crippen LogP contribution in [0.3, 0.4) is 0 Å². The Morgan fingerprint density at radius 2 is 1.72 bits per heavy atom. The number of methoxy groups -OCH3 is 1. The lowest BCUT2D eigenvalue weighted by Crippen LogP contribution is -2.36. The fourth-order valence-corrected chi connectivity index (χ4v) is 5.35. The van der Waals surface area contributed by atoms with Crippen molar-refractivity contribution >= 4 is 60.8 Å². The quantitative estimate of drug-likeness (QED) is 0.232. The number of imidazole rings is 1. The van der Waals surface area contributed by atoms with Gasteiger partial charge in [-0.2, -0.15) is 4.41 Å². The number of aromatic nitrogens is 2. The second-order valence-corrected chi connectivity index (χ2v) is 11.4. The number of ether oxygens (including phenoxy) is 1. The van der Waals surface area contributed by atoms with Gasteiger partial charge in [-0.25, -0.2) is 22.9 Å². The van der Waals surface area contributed by atoms with Gasteiger partial charge in [0.05, 0.1) is 41.5 Å². The minimum Gasteiger partial charge on any atom is -0.465 e. The molecular weight excluding hydrogens is 589 g/mol. The van der Waals surface area contributed by atoms with Crippen molar-refractivity contribution in [3.05, 3.63) is 104 Å².